The molecule has 8 nitrogen and oxygen atoms in total. The van der Waals surface area contributed by atoms with Crippen molar-refractivity contribution in [3.8, 4) is 11.6 Å². The van der Waals surface area contributed by atoms with Crippen LogP contribution in [0, 0.1) is 0 Å². The molecule has 2 aliphatic rings. The maximum absolute atomic E-state index is 14.4. The Morgan fingerprint density at radius 2 is 1.94 bits per heavy atom. The van der Waals surface area contributed by atoms with Crippen LogP contribution in [0.2, 0.25) is 5.15 Å². The zero-order chi connectivity index (χ0) is 24.9. The minimum atomic E-state index is -3.15. The van der Waals surface area contributed by atoms with Gasteiger partial charge in [0.05, 0.1) is 17.0 Å². The van der Waals surface area contributed by atoms with Gasteiger partial charge in [-0.3, -0.25) is 0 Å². The molecule has 4 heterocycles. The number of aromatic nitrogens is 4. The van der Waals surface area contributed by atoms with Gasteiger partial charge in [0, 0.05) is 70.4 Å². The summed E-state index contributed by atoms with van der Waals surface area (Å²) in [5.41, 5.74) is 0.262. The third-order valence-corrected chi connectivity index (χ3v) is 7.05. The van der Waals surface area contributed by atoms with Gasteiger partial charge in [-0.25, -0.2) is 14.6 Å². The molecule has 0 unspecified atom stereocenters. The van der Waals surface area contributed by atoms with Gasteiger partial charge in [0.15, 0.2) is 11.6 Å². The lowest BCUT2D eigenvalue weighted by atomic mass is 9.92. The largest absolute Gasteiger partial charge is 0.490 e. The van der Waals surface area contributed by atoms with Crippen LogP contribution in [-0.4, -0.2) is 77.2 Å². The third-order valence-electron chi connectivity index (χ3n) is 6.85. The first kappa shape index (κ1) is 24.1. The molecule has 0 bridgehead atoms. The fourth-order valence-electron chi connectivity index (χ4n) is 4.63. The molecule has 0 amide bonds. The number of fused-ring (bicyclic) bond motifs is 1. The van der Waals surface area contributed by atoms with Crippen LogP contribution in [0.15, 0.2) is 24.4 Å². The van der Waals surface area contributed by atoms with Gasteiger partial charge in [0.2, 0.25) is 0 Å². The van der Waals surface area contributed by atoms with E-state index in [9.17, 15) is 8.78 Å². The average Bonchev–Trinajstić information content (AvgIpc) is 3.40. The smallest absolute Gasteiger partial charge is 0.287 e. The minimum Gasteiger partial charge on any atom is -0.490 e. The zero-order valence-corrected chi connectivity index (χ0v) is 21.0. The lowest BCUT2D eigenvalue weighted by Gasteiger charge is -2.34. The first-order valence-corrected chi connectivity index (χ1v) is 12.1. The summed E-state index contributed by atoms with van der Waals surface area (Å²) in [5, 5.41) is 5.89. The molecule has 1 aliphatic carbocycles. The summed E-state index contributed by atoms with van der Waals surface area (Å²) in [6, 6.07) is 5.02. The van der Waals surface area contributed by atoms with Gasteiger partial charge < -0.3 is 19.3 Å². The van der Waals surface area contributed by atoms with E-state index in [-0.39, 0.29) is 28.9 Å². The molecule has 5 rings (SSSR count). The SMILES string of the molecule is COC1CC(Oc2cc(-n3nc(N4CC[C@H](N(C)C)C4)c4cnc(Cl)cc43)nc(C(C)(F)F)c2)C1. The average molecular weight is 507 g/mol. The molecule has 1 aliphatic heterocycles. The number of anilines is 1. The molecule has 35 heavy (non-hydrogen) atoms. The standard InChI is InChI=1S/C24H29ClF2N6O2/c1-24(26,27)20-9-17(35-16-7-15(8-16)34-4)10-22(29-20)33-19-11-21(25)28-12-18(19)23(30-33)32-6-5-14(13-32)31(2)3/h9-12,14-16H,5-8,13H2,1-4H3/t14-,15?,16?/m0/s1. The molecule has 188 valence electrons. The highest BCUT2D eigenvalue weighted by Gasteiger charge is 2.33. The van der Waals surface area contributed by atoms with E-state index in [0.717, 1.165) is 37.6 Å². The number of rotatable bonds is 7. The van der Waals surface area contributed by atoms with Crippen molar-refractivity contribution in [1.82, 2.24) is 24.6 Å². The van der Waals surface area contributed by atoms with Gasteiger partial charge in [-0.2, -0.15) is 8.78 Å². The Balaban J connectivity index is 1.57. The predicted octanol–water partition coefficient (Wildman–Crippen LogP) is 4.28. The van der Waals surface area contributed by atoms with Crippen molar-refractivity contribution in [2.75, 3.05) is 39.2 Å². The summed E-state index contributed by atoms with van der Waals surface area (Å²) < 4.78 is 41.7. The molecule has 1 saturated carbocycles. The van der Waals surface area contributed by atoms with E-state index in [1.165, 1.54) is 6.07 Å². The van der Waals surface area contributed by atoms with Crippen LogP contribution in [0.1, 0.15) is 31.9 Å². The van der Waals surface area contributed by atoms with E-state index in [2.05, 4.69) is 33.9 Å². The van der Waals surface area contributed by atoms with E-state index in [4.69, 9.17) is 26.2 Å². The Bertz CT molecular complexity index is 1220. The molecule has 11 heteroatoms. The highest BCUT2D eigenvalue weighted by Crippen LogP contribution is 2.36. The number of alkyl halides is 2. The van der Waals surface area contributed by atoms with Crippen LogP contribution in [-0.2, 0) is 10.7 Å². The molecular formula is C24H29ClF2N6O2. The topological polar surface area (TPSA) is 68.5 Å². The van der Waals surface area contributed by atoms with E-state index in [1.54, 1.807) is 30.1 Å². The van der Waals surface area contributed by atoms with Gasteiger partial charge in [0.1, 0.15) is 22.7 Å². The monoisotopic (exact) mass is 506 g/mol. The third kappa shape index (κ3) is 4.79. The maximum Gasteiger partial charge on any atom is 0.287 e. The summed E-state index contributed by atoms with van der Waals surface area (Å²) in [6.45, 7) is 2.46. The summed E-state index contributed by atoms with van der Waals surface area (Å²) in [4.78, 5) is 12.9. The summed E-state index contributed by atoms with van der Waals surface area (Å²) >= 11 is 6.22. The van der Waals surface area contributed by atoms with Crippen molar-refractivity contribution in [3.63, 3.8) is 0 Å². The van der Waals surface area contributed by atoms with E-state index in [0.29, 0.717) is 30.1 Å². The van der Waals surface area contributed by atoms with E-state index >= 15 is 0 Å². The lowest BCUT2D eigenvalue weighted by Crippen LogP contribution is -2.38. The van der Waals surface area contributed by atoms with Crippen molar-refractivity contribution in [2.45, 2.75) is 50.4 Å². The molecule has 0 radical (unpaired) electrons. The molecule has 1 atom stereocenters. The first-order chi connectivity index (χ1) is 16.6. The Hall–Kier alpha value is -2.56. The van der Waals surface area contributed by atoms with Crippen molar-refractivity contribution < 1.29 is 18.3 Å². The van der Waals surface area contributed by atoms with Gasteiger partial charge in [-0.05, 0) is 20.5 Å². The number of hydrogen-bond donors (Lipinski definition) is 0. The zero-order valence-electron chi connectivity index (χ0n) is 20.2. The van der Waals surface area contributed by atoms with Crippen LogP contribution in [0.25, 0.3) is 16.7 Å². The molecule has 3 aromatic rings. The second kappa shape index (κ2) is 9.15. The fraction of sp³-hybridized carbons (Fsp3) is 0.542. The number of nitrogens with zero attached hydrogens (tertiary/aromatic N) is 6. The summed E-state index contributed by atoms with van der Waals surface area (Å²) in [5.74, 6) is -1.86. The Kier molecular flexibility index (Phi) is 6.31. The molecule has 0 aromatic carbocycles. The fourth-order valence-corrected chi connectivity index (χ4v) is 4.78. The minimum absolute atomic E-state index is 0.0929. The van der Waals surface area contributed by atoms with Gasteiger partial charge in [-0.15, -0.1) is 5.10 Å². The van der Waals surface area contributed by atoms with Crippen LogP contribution in [0.5, 0.6) is 5.75 Å². The van der Waals surface area contributed by atoms with Crippen LogP contribution in [0.4, 0.5) is 14.6 Å². The van der Waals surface area contributed by atoms with Crippen molar-refractivity contribution in [2.24, 2.45) is 0 Å². The second-order valence-corrected chi connectivity index (χ2v) is 10.0. The van der Waals surface area contributed by atoms with Gasteiger partial charge >= 0.3 is 0 Å². The highest BCUT2D eigenvalue weighted by molar-refractivity contribution is 6.30. The van der Waals surface area contributed by atoms with Crippen molar-refractivity contribution >= 4 is 28.3 Å². The van der Waals surface area contributed by atoms with Crippen LogP contribution < -0.4 is 9.64 Å². The lowest BCUT2D eigenvalue weighted by molar-refractivity contribution is -0.0386. The Morgan fingerprint density at radius 3 is 2.60 bits per heavy atom. The molecule has 1 saturated heterocycles. The molecule has 0 spiro atoms. The Labute approximate surface area is 207 Å². The van der Waals surface area contributed by atoms with Gasteiger partial charge in [-0.1, -0.05) is 11.6 Å². The predicted molar refractivity (Wildman–Crippen MR) is 130 cm³/mol. The summed E-state index contributed by atoms with van der Waals surface area (Å²) in [7, 11) is 5.78. The summed E-state index contributed by atoms with van der Waals surface area (Å²) in [6.07, 6.45) is 4.14. The van der Waals surface area contributed by atoms with Crippen LogP contribution >= 0.6 is 11.6 Å². The molecule has 0 N–H and O–H groups in total. The number of halogens is 3. The Morgan fingerprint density at radius 1 is 1.17 bits per heavy atom. The number of ether oxygens (including phenoxy) is 2. The normalized spacial score (nSPS) is 22.7. The molecular weight excluding hydrogens is 478 g/mol. The quantitative estimate of drug-likeness (QED) is 0.443. The first-order valence-electron chi connectivity index (χ1n) is 11.7. The second-order valence-electron chi connectivity index (χ2n) is 9.62. The van der Waals surface area contributed by atoms with Gasteiger partial charge in [0.25, 0.3) is 5.92 Å². The number of pyridine rings is 2. The molecule has 2 fully saturated rings. The maximum atomic E-state index is 14.4. The number of methoxy groups -OCH3 is 1. The van der Waals surface area contributed by atoms with E-state index < -0.39 is 5.92 Å². The van der Waals surface area contributed by atoms with E-state index in [1.807, 2.05) is 0 Å². The molecule has 3 aromatic heterocycles. The number of hydrogen-bond acceptors (Lipinski definition) is 7. The van der Waals surface area contributed by atoms with Crippen LogP contribution in [0.3, 0.4) is 0 Å². The van der Waals surface area contributed by atoms with Crippen molar-refractivity contribution in [1.29, 1.82) is 0 Å². The highest BCUT2D eigenvalue weighted by atomic mass is 35.5. The number of likely N-dealkylation sites (N-methyl/N-ethyl adjacent to an activating group) is 1. The van der Waals surface area contributed by atoms with Crippen molar-refractivity contribution in [3.05, 3.63) is 35.2 Å².